The molecule has 8 heteroatoms. The molecule has 134 valence electrons. The number of likely N-dealkylation sites (tertiary alicyclic amines) is 1. The van der Waals surface area contributed by atoms with E-state index in [1.54, 1.807) is 11.8 Å². The summed E-state index contributed by atoms with van der Waals surface area (Å²) in [5.41, 5.74) is 6.22. The maximum atomic E-state index is 12.6. The van der Waals surface area contributed by atoms with Gasteiger partial charge < -0.3 is 15.1 Å². The monoisotopic (exact) mass is 346 g/mol. The fourth-order valence-corrected chi connectivity index (χ4v) is 3.22. The number of nitrogens with two attached hydrogens (primary N) is 1. The van der Waals surface area contributed by atoms with Crippen LogP contribution in [0.5, 0.6) is 0 Å². The van der Waals surface area contributed by atoms with Gasteiger partial charge in [-0.05, 0) is 26.7 Å². The largest absolute Gasteiger partial charge is 0.443 e. The van der Waals surface area contributed by atoms with Gasteiger partial charge in [0.05, 0.1) is 0 Å². The van der Waals surface area contributed by atoms with Gasteiger partial charge >= 0.3 is 0 Å². The summed E-state index contributed by atoms with van der Waals surface area (Å²) in [7, 11) is 0. The molecule has 0 bridgehead atoms. The van der Waals surface area contributed by atoms with Crippen molar-refractivity contribution in [3.05, 3.63) is 28.0 Å². The summed E-state index contributed by atoms with van der Waals surface area (Å²) >= 11 is 0. The summed E-state index contributed by atoms with van der Waals surface area (Å²) < 4.78 is 6.89. The molecule has 0 unspecified atom stereocenters. The van der Waals surface area contributed by atoms with Crippen LogP contribution in [0.3, 0.4) is 0 Å². The maximum Gasteiger partial charge on any atom is 0.264 e. The zero-order valence-electron chi connectivity index (χ0n) is 14.4. The second kappa shape index (κ2) is 6.70. The number of nitrogens with zero attached hydrogens (tertiary/aromatic N) is 3. The minimum atomic E-state index is -0.302. The molecule has 2 aromatic heterocycles. The van der Waals surface area contributed by atoms with Gasteiger partial charge in [0.2, 0.25) is 17.5 Å². The number of aromatic nitrogens is 2. The highest BCUT2D eigenvalue weighted by Gasteiger charge is 2.25. The average molecular weight is 346 g/mol. The number of piperidine rings is 1. The molecule has 2 amide bonds. The molecule has 0 spiro atoms. The van der Waals surface area contributed by atoms with Crippen molar-refractivity contribution >= 4 is 22.9 Å². The number of carbonyl (C=O) groups is 2. The van der Waals surface area contributed by atoms with E-state index in [0.29, 0.717) is 42.8 Å². The Hall–Kier alpha value is -2.64. The fraction of sp³-hybridized carbons (Fsp3) is 0.529. The van der Waals surface area contributed by atoms with E-state index in [9.17, 15) is 14.4 Å². The van der Waals surface area contributed by atoms with E-state index in [1.807, 2.05) is 6.92 Å². The predicted octanol–water partition coefficient (Wildman–Crippen LogP) is 0.720. The van der Waals surface area contributed by atoms with Crippen LogP contribution in [0.1, 0.15) is 30.6 Å². The first kappa shape index (κ1) is 17.2. The number of hydrogen-bond donors (Lipinski definition) is 1. The van der Waals surface area contributed by atoms with Crippen molar-refractivity contribution in [2.24, 2.45) is 11.7 Å². The lowest BCUT2D eigenvalue weighted by Gasteiger charge is -2.30. The molecule has 8 nitrogen and oxygen atoms in total. The minimum absolute atomic E-state index is 0.0324. The van der Waals surface area contributed by atoms with Crippen molar-refractivity contribution < 1.29 is 14.0 Å². The second-order valence-electron chi connectivity index (χ2n) is 6.51. The lowest BCUT2D eigenvalue weighted by atomic mass is 9.96. The average Bonchev–Trinajstić information content (AvgIpc) is 2.89. The van der Waals surface area contributed by atoms with Crippen molar-refractivity contribution in [2.75, 3.05) is 13.1 Å². The van der Waals surface area contributed by atoms with E-state index >= 15 is 0 Å². The first-order chi connectivity index (χ1) is 11.9. The van der Waals surface area contributed by atoms with Crippen LogP contribution in [0.25, 0.3) is 11.1 Å². The van der Waals surface area contributed by atoms with Gasteiger partial charge in [0, 0.05) is 37.5 Å². The van der Waals surface area contributed by atoms with Crippen molar-refractivity contribution in [3.8, 4) is 0 Å². The number of amides is 2. The molecule has 3 heterocycles. The summed E-state index contributed by atoms with van der Waals surface area (Å²) in [5.74, 6) is 0.190. The second-order valence-corrected chi connectivity index (χ2v) is 6.51. The molecule has 0 radical (unpaired) electrons. The molecule has 0 aliphatic carbocycles. The number of hydrogen-bond acceptors (Lipinski definition) is 5. The van der Waals surface area contributed by atoms with E-state index in [1.165, 1.54) is 10.9 Å². The molecular weight excluding hydrogens is 324 g/mol. The first-order valence-electron chi connectivity index (χ1n) is 8.40. The molecule has 1 aliphatic rings. The van der Waals surface area contributed by atoms with Gasteiger partial charge in [-0.25, -0.2) is 4.98 Å². The number of primary amides is 1. The Morgan fingerprint density at radius 1 is 1.32 bits per heavy atom. The van der Waals surface area contributed by atoms with Crippen LogP contribution in [0.4, 0.5) is 0 Å². The van der Waals surface area contributed by atoms with Crippen molar-refractivity contribution in [1.29, 1.82) is 0 Å². The lowest BCUT2D eigenvalue weighted by molar-refractivity contribution is -0.135. The Kier molecular flexibility index (Phi) is 4.61. The molecule has 0 saturated carbocycles. The molecular formula is C17H22N4O4. The van der Waals surface area contributed by atoms with E-state index in [-0.39, 0.29) is 36.3 Å². The van der Waals surface area contributed by atoms with E-state index in [4.69, 9.17) is 10.2 Å². The molecule has 2 N–H and O–H groups in total. The third kappa shape index (κ3) is 3.29. The Morgan fingerprint density at radius 3 is 2.64 bits per heavy atom. The van der Waals surface area contributed by atoms with Crippen LogP contribution in [0.2, 0.25) is 0 Å². The van der Waals surface area contributed by atoms with E-state index in [2.05, 4.69) is 4.98 Å². The predicted molar refractivity (Wildman–Crippen MR) is 90.9 cm³/mol. The molecule has 0 atom stereocenters. The van der Waals surface area contributed by atoms with Gasteiger partial charge in [0.25, 0.3) is 5.56 Å². The van der Waals surface area contributed by atoms with Crippen molar-refractivity contribution in [3.63, 3.8) is 0 Å². The molecule has 1 aliphatic heterocycles. The fourth-order valence-electron chi connectivity index (χ4n) is 3.22. The minimum Gasteiger partial charge on any atom is -0.443 e. The zero-order chi connectivity index (χ0) is 18.1. The summed E-state index contributed by atoms with van der Waals surface area (Å²) in [6.45, 7) is 4.93. The topological polar surface area (TPSA) is 111 Å². The standard InChI is InChI=1S/C17H22N4O4/c1-10-11(2)25-16-14(10)17(24)21(9-19-16)8-5-13(22)20-6-3-12(4-7-20)15(18)23/h9,12H,3-8H2,1-2H3,(H2,18,23). The summed E-state index contributed by atoms with van der Waals surface area (Å²) in [4.78, 5) is 42.0. The first-order valence-corrected chi connectivity index (χ1v) is 8.40. The molecule has 3 rings (SSSR count). The number of rotatable bonds is 4. The SMILES string of the molecule is Cc1oc2ncn(CCC(=O)N3CCC(C(N)=O)CC3)c(=O)c2c1C. The van der Waals surface area contributed by atoms with Crippen molar-refractivity contribution in [1.82, 2.24) is 14.5 Å². The third-order valence-corrected chi connectivity index (χ3v) is 4.97. The van der Waals surface area contributed by atoms with Gasteiger partial charge in [0.1, 0.15) is 17.5 Å². The Morgan fingerprint density at radius 2 is 2.00 bits per heavy atom. The molecule has 25 heavy (non-hydrogen) atoms. The van der Waals surface area contributed by atoms with Crippen molar-refractivity contribution in [2.45, 2.75) is 39.7 Å². The maximum absolute atomic E-state index is 12.6. The normalized spacial score (nSPS) is 15.7. The van der Waals surface area contributed by atoms with Gasteiger partial charge in [-0.1, -0.05) is 0 Å². The van der Waals surface area contributed by atoms with E-state index < -0.39 is 0 Å². The molecule has 0 aromatic carbocycles. The zero-order valence-corrected chi connectivity index (χ0v) is 14.4. The van der Waals surface area contributed by atoms with Crippen LogP contribution in [0.15, 0.2) is 15.5 Å². The van der Waals surface area contributed by atoms with Crippen LogP contribution < -0.4 is 11.3 Å². The van der Waals surface area contributed by atoms with Gasteiger partial charge in [0.15, 0.2) is 0 Å². The number of aryl methyl sites for hydroxylation is 3. The van der Waals surface area contributed by atoms with Crippen LogP contribution in [-0.2, 0) is 16.1 Å². The quantitative estimate of drug-likeness (QED) is 0.877. The number of carbonyl (C=O) groups excluding carboxylic acids is 2. The Labute approximate surface area is 144 Å². The summed E-state index contributed by atoms with van der Waals surface area (Å²) in [5, 5.41) is 0.467. The number of furan rings is 1. The lowest BCUT2D eigenvalue weighted by Crippen LogP contribution is -2.42. The van der Waals surface area contributed by atoms with Crippen LogP contribution in [0, 0.1) is 19.8 Å². The van der Waals surface area contributed by atoms with E-state index in [0.717, 1.165) is 5.56 Å². The molecule has 1 saturated heterocycles. The molecule has 2 aromatic rings. The van der Waals surface area contributed by atoms with Gasteiger partial charge in [-0.2, -0.15) is 0 Å². The Bertz CT molecular complexity index is 875. The van der Waals surface area contributed by atoms with Gasteiger partial charge in [-0.3, -0.25) is 19.0 Å². The highest BCUT2D eigenvalue weighted by molar-refractivity contribution is 5.79. The summed E-state index contributed by atoms with van der Waals surface area (Å²) in [6.07, 6.45) is 2.83. The summed E-state index contributed by atoms with van der Waals surface area (Å²) in [6, 6.07) is 0. The number of fused-ring (bicyclic) bond motifs is 1. The highest BCUT2D eigenvalue weighted by Crippen LogP contribution is 2.19. The van der Waals surface area contributed by atoms with Gasteiger partial charge in [-0.15, -0.1) is 0 Å². The Balaban J connectivity index is 1.66. The van der Waals surface area contributed by atoms with Crippen LogP contribution in [-0.4, -0.2) is 39.4 Å². The smallest absolute Gasteiger partial charge is 0.264 e. The third-order valence-electron chi connectivity index (χ3n) is 4.97. The molecule has 1 fully saturated rings. The van der Waals surface area contributed by atoms with Crippen LogP contribution >= 0.6 is 0 Å². The highest BCUT2D eigenvalue weighted by atomic mass is 16.3.